The van der Waals surface area contributed by atoms with Crippen LogP contribution in [0.15, 0.2) is 59.1 Å². The van der Waals surface area contributed by atoms with Crippen molar-refractivity contribution in [3.63, 3.8) is 0 Å². The van der Waals surface area contributed by atoms with Crippen molar-refractivity contribution in [3.05, 3.63) is 82.5 Å². The van der Waals surface area contributed by atoms with Crippen LogP contribution >= 0.6 is 11.6 Å². The van der Waals surface area contributed by atoms with E-state index in [0.29, 0.717) is 40.1 Å². The highest BCUT2D eigenvalue weighted by atomic mass is 35.5. The summed E-state index contributed by atoms with van der Waals surface area (Å²) in [5.41, 5.74) is 2.29. The molecule has 0 aliphatic carbocycles. The van der Waals surface area contributed by atoms with E-state index in [9.17, 15) is 5.26 Å². The van der Waals surface area contributed by atoms with Gasteiger partial charge in [0.05, 0.1) is 29.6 Å². The third-order valence-electron chi connectivity index (χ3n) is 4.32. The Morgan fingerprint density at radius 2 is 1.96 bits per heavy atom. The molecule has 4 rings (SSSR count). The maximum Gasteiger partial charge on any atom is 0.231 e. The molecule has 0 radical (unpaired) electrons. The molecule has 0 fully saturated rings. The molecular formula is C21H16ClN5O. The van der Waals surface area contributed by atoms with Gasteiger partial charge in [0.15, 0.2) is 5.82 Å². The van der Waals surface area contributed by atoms with Crippen LogP contribution in [0, 0.1) is 11.3 Å². The van der Waals surface area contributed by atoms with Gasteiger partial charge in [0.25, 0.3) is 0 Å². The van der Waals surface area contributed by atoms with Gasteiger partial charge in [0, 0.05) is 10.4 Å². The molecule has 0 spiro atoms. The summed E-state index contributed by atoms with van der Waals surface area (Å²) in [5, 5.41) is 18.0. The molecule has 1 unspecified atom stereocenters. The number of nitrogens with one attached hydrogen (secondary N) is 1. The summed E-state index contributed by atoms with van der Waals surface area (Å²) < 4.78 is 5.37. The number of fused-ring (bicyclic) bond motifs is 1. The van der Waals surface area contributed by atoms with Crippen LogP contribution in [0.4, 0.5) is 5.82 Å². The lowest BCUT2D eigenvalue weighted by molar-refractivity contribution is 0.377. The van der Waals surface area contributed by atoms with Gasteiger partial charge in [-0.2, -0.15) is 10.2 Å². The molecule has 6 nitrogen and oxygen atoms in total. The summed E-state index contributed by atoms with van der Waals surface area (Å²) in [6.07, 6.45) is 0.578. The highest BCUT2D eigenvalue weighted by Crippen LogP contribution is 2.25. The van der Waals surface area contributed by atoms with Crippen LogP contribution in [0.1, 0.15) is 35.8 Å². The summed E-state index contributed by atoms with van der Waals surface area (Å²) >= 11 is 6.03. The van der Waals surface area contributed by atoms with Crippen LogP contribution in [0.25, 0.3) is 10.9 Å². The lowest BCUT2D eigenvalue weighted by Crippen LogP contribution is -2.10. The number of halogens is 1. The molecule has 4 aromatic rings. The Bertz CT molecular complexity index is 1170. The normalized spacial score (nSPS) is 11.9. The van der Waals surface area contributed by atoms with Crippen LogP contribution in [-0.2, 0) is 6.42 Å². The van der Waals surface area contributed by atoms with Gasteiger partial charge in [-0.05, 0) is 36.8 Å². The fourth-order valence-electron chi connectivity index (χ4n) is 2.94. The zero-order chi connectivity index (χ0) is 19.5. The average molecular weight is 390 g/mol. The standard InChI is InChI=1S/C21H16ClN5O/c1-13(21-26-20(28-27-21)9-14-5-3-2-4-6-14)24-19-10-15(12-23)17-11-16(22)7-8-18(17)25-19/h2-8,10-11,13H,9H2,1H3,(H,24,25). The van der Waals surface area contributed by atoms with Gasteiger partial charge in [-0.1, -0.05) is 47.1 Å². The largest absolute Gasteiger partial charge is 0.360 e. The number of pyridine rings is 1. The molecule has 0 saturated carbocycles. The number of benzene rings is 2. The molecule has 2 aromatic heterocycles. The molecule has 0 aliphatic rings. The van der Waals surface area contributed by atoms with E-state index in [1.165, 1.54) is 0 Å². The zero-order valence-electron chi connectivity index (χ0n) is 15.1. The van der Waals surface area contributed by atoms with E-state index in [1.54, 1.807) is 24.3 Å². The SMILES string of the molecule is CC(Nc1cc(C#N)c2cc(Cl)ccc2n1)c1noc(Cc2ccccc2)n1. The second-order valence-corrected chi connectivity index (χ2v) is 6.84. The van der Waals surface area contributed by atoms with Gasteiger partial charge in [-0.3, -0.25) is 0 Å². The first kappa shape index (κ1) is 18.0. The van der Waals surface area contributed by atoms with E-state index < -0.39 is 0 Å². The molecule has 1 N–H and O–H groups in total. The molecule has 0 amide bonds. The number of nitriles is 1. The van der Waals surface area contributed by atoms with E-state index in [2.05, 4.69) is 26.5 Å². The van der Waals surface area contributed by atoms with Crippen LogP contribution in [0.5, 0.6) is 0 Å². The molecular weight excluding hydrogens is 374 g/mol. The molecule has 0 bridgehead atoms. The average Bonchev–Trinajstić information content (AvgIpc) is 3.17. The van der Waals surface area contributed by atoms with Crippen LogP contribution in [-0.4, -0.2) is 15.1 Å². The first-order valence-corrected chi connectivity index (χ1v) is 9.13. The third kappa shape index (κ3) is 3.80. The first-order chi connectivity index (χ1) is 13.6. The van der Waals surface area contributed by atoms with E-state index in [-0.39, 0.29) is 6.04 Å². The Labute approximate surface area is 166 Å². The zero-order valence-corrected chi connectivity index (χ0v) is 15.8. The molecule has 0 saturated heterocycles. The van der Waals surface area contributed by atoms with Gasteiger partial charge >= 0.3 is 0 Å². The van der Waals surface area contributed by atoms with Crippen molar-refractivity contribution >= 4 is 28.3 Å². The first-order valence-electron chi connectivity index (χ1n) is 8.76. The Kier molecular flexibility index (Phi) is 4.92. The van der Waals surface area contributed by atoms with Crippen molar-refractivity contribution in [2.75, 3.05) is 5.32 Å². The van der Waals surface area contributed by atoms with Crippen molar-refractivity contribution in [1.29, 1.82) is 5.26 Å². The number of hydrogen-bond acceptors (Lipinski definition) is 6. The van der Waals surface area contributed by atoms with Gasteiger partial charge in [-0.25, -0.2) is 4.98 Å². The molecule has 7 heteroatoms. The van der Waals surface area contributed by atoms with Crippen molar-refractivity contribution in [2.24, 2.45) is 0 Å². The van der Waals surface area contributed by atoms with E-state index >= 15 is 0 Å². The van der Waals surface area contributed by atoms with Crippen LogP contribution < -0.4 is 5.32 Å². The Morgan fingerprint density at radius 1 is 1.14 bits per heavy atom. The highest BCUT2D eigenvalue weighted by molar-refractivity contribution is 6.31. The van der Waals surface area contributed by atoms with Gasteiger partial charge in [0.1, 0.15) is 5.82 Å². The Morgan fingerprint density at radius 3 is 2.75 bits per heavy atom. The molecule has 0 aliphatic heterocycles. The van der Waals surface area contributed by atoms with Gasteiger partial charge in [0.2, 0.25) is 5.89 Å². The monoisotopic (exact) mass is 389 g/mol. The minimum atomic E-state index is -0.239. The smallest absolute Gasteiger partial charge is 0.231 e. The minimum absolute atomic E-state index is 0.239. The molecule has 138 valence electrons. The van der Waals surface area contributed by atoms with Crippen LogP contribution in [0.2, 0.25) is 5.02 Å². The summed E-state index contributed by atoms with van der Waals surface area (Å²) in [6.45, 7) is 1.91. The fraction of sp³-hybridized carbons (Fsp3) is 0.143. The molecule has 1 atom stereocenters. The second kappa shape index (κ2) is 7.67. The summed E-state index contributed by atoms with van der Waals surface area (Å²) in [4.78, 5) is 9.03. The lowest BCUT2D eigenvalue weighted by atomic mass is 10.1. The van der Waals surface area contributed by atoms with Crippen LogP contribution in [0.3, 0.4) is 0 Å². The van der Waals surface area contributed by atoms with E-state index in [4.69, 9.17) is 16.1 Å². The topological polar surface area (TPSA) is 87.6 Å². The highest BCUT2D eigenvalue weighted by Gasteiger charge is 2.16. The lowest BCUT2D eigenvalue weighted by Gasteiger charge is -2.12. The van der Waals surface area contributed by atoms with E-state index in [0.717, 1.165) is 10.9 Å². The maximum absolute atomic E-state index is 9.46. The maximum atomic E-state index is 9.46. The number of hydrogen-bond donors (Lipinski definition) is 1. The Balaban J connectivity index is 1.55. The van der Waals surface area contributed by atoms with Crippen molar-refractivity contribution in [1.82, 2.24) is 15.1 Å². The summed E-state index contributed by atoms with van der Waals surface area (Å²) in [5.74, 6) is 1.64. The molecule has 2 heterocycles. The number of nitrogens with zero attached hydrogens (tertiary/aromatic N) is 4. The number of anilines is 1. The minimum Gasteiger partial charge on any atom is -0.360 e. The van der Waals surface area contributed by atoms with Gasteiger partial charge < -0.3 is 9.84 Å². The molecule has 2 aromatic carbocycles. The predicted octanol–water partition coefficient (Wildman–Crippen LogP) is 4.91. The van der Waals surface area contributed by atoms with Gasteiger partial charge in [-0.15, -0.1) is 0 Å². The predicted molar refractivity (Wildman–Crippen MR) is 107 cm³/mol. The van der Waals surface area contributed by atoms with Crippen molar-refractivity contribution < 1.29 is 4.52 Å². The Hall–Kier alpha value is -3.43. The second-order valence-electron chi connectivity index (χ2n) is 6.40. The third-order valence-corrected chi connectivity index (χ3v) is 4.56. The number of aromatic nitrogens is 3. The van der Waals surface area contributed by atoms with Crippen molar-refractivity contribution in [3.8, 4) is 6.07 Å². The summed E-state index contributed by atoms with van der Waals surface area (Å²) in [7, 11) is 0. The fourth-order valence-corrected chi connectivity index (χ4v) is 3.11. The summed E-state index contributed by atoms with van der Waals surface area (Å²) in [6, 6.07) is 18.9. The number of rotatable bonds is 5. The quantitative estimate of drug-likeness (QED) is 0.522. The molecule has 28 heavy (non-hydrogen) atoms. The van der Waals surface area contributed by atoms with Crippen molar-refractivity contribution in [2.45, 2.75) is 19.4 Å². The van der Waals surface area contributed by atoms with E-state index in [1.807, 2.05) is 37.3 Å².